The average Bonchev–Trinajstić information content (AvgIpc) is 3.12. The maximum absolute atomic E-state index is 13.4. The Morgan fingerprint density at radius 2 is 1.97 bits per heavy atom. The molecule has 3 heterocycles. The molecule has 1 amide bonds. The lowest BCUT2D eigenvalue weighted by molar-refractivity contribution is -0.137. The van der Waals surface area contributed by atoms with Crippen molar-refractivity contribution in [1.29, 1.82) is 0 Å². The number of rotatable bonds is 3. The van der Waals surface area contributed by atoms with Gasteiger partial charge in [-0.3, -0.25) is 9.78 Å². The molecule has 0 saturated heterocycles. The lowest BCUT2D eigenvalue weighted by Crippen LogP contribution is -2.13. The van der Waals surface area contributed by atoms with E-state index in [0.717, 1.165) is 6.07 Å². The van der Waals surface area contributed by atoms with Crippen molar-refractivity contribution < 1.29 is 18.0 Å². The van der Waals surface area contributed by atoms with Crippen LogP contribution in [0.25, 0.3) is 22.4 Å². The van der Waals surface area contributed by atoms with Gasteiger partial charge in [0.15, 0.2) is 0 Å². The molecular formula is C19H11ClF3N5O. The van der Waals surface area contributed by atoms with Crippen LogP contribution >= 0.6 is 11.6 Å². The number of amides is 1. The molecule has 0 saturated carbocycles. The van der Waals surface area contributed by atoms with Gasteiger partial charge in [0.1, 0.15) is 17.2 Å². The van der Waals surface area contributed by atoms with E-state index >= 15 is 0 Å². The fraction of sp³-hybridized carbons (Fsp3) is 0.0526. The lowest BCUT2D eigenvalue weighted by atomic mass is 10.1. The van der Waals surface area contributed by atoms with E-state index in [0.29, 0.717) is 11.3 Å². The number of fused-ring (bicyclic) bond motifs is 1. The van der Waals surface area contributed by atoms with Crippen molar-refractivity contribution in [1.82, 2.24) is 19.9 Å². The first kappa shape index (κ1) is 18.9. The molecular weight excluding hydrogens is 407 g/mol. The normalized spacial score (nSPS) is 11.6. The zero-order valence-electron chi connectivity index (χ0n) is 14.5. The average molecular weight is 418 g/mol. The number of aromatic amines is 1. The number of hydrogen-bond donors (Lipinski definition) is 2. The standard InChI is InChI=1S/C19H11ClF3N5O/c20-10-4-5-11(13(7-10)19(21,22)23)17-26-14-9-24-8-12(16(14)28-17)18(29)27-15-3-1-2-6-25-15/h1-9H,(H,26,28)(H,25,27,29). The molecule has 0 aliphatic carbocycles. The quantitative estimate of drug-likeness (QED) is 0.494. The molecule has 0 unspecified atom stereocenters. The van der Waals surface area contributed by atoms with Gasteiger partial charge in [-0.15, -0.1) is 0 Å². The summed E-state index contributed by atoms with van der Waals surface area (Å²) in [4.78, 5) is 27.6. The minimum absolute atomic E-state index is 0.0470. The van der Waals surface area contributed by atoms with Crippen LogP contribution < -0.4 is 5.32 Å². The number of aromatic nitrogens is 4. The van der Waals surface area contributed by atoms with Crippen molar-refractivity contribution in [3.05, 3.63) is 71.1 Å². The zero-order valence-corrected chi connectivity index (χ0v) is 15.2. The number of pyridine rings is 2. The molecule has 0 fully saturated rings. The highest BCUT2D eigenvalue weighted by atomic mass is 35.5. The maximum atomic E-state index is 13.4. The molecule has 0 atom stereocenters. The summed E-state index contributed by atoms with van der Waals surface area (Å²) in [5.41, 5.74) is -0.521. The molecule has 4 rings (SSSR count). The zero-order chi connectivity index (χ0) is 20.6. The van der Waals surface area contributed by atoms with Crippen molar-refractivity contribution in [2.45, 2.75) is 6.18 Å². The van der Waals surface area contributed by atoms with E-state index < -0.39 is 17.6 Å². The van der Waals surface area contributed by atoms with Gasteiger partial charge in [0.2, 0.25) is 0 Å². The van der Waals surface area contributed by atoms with Gasteiger partial charge in [-0.1, -0.05) is 17.7 Å². The van der Waals surface area contributed by atoms with E-state index in [1.54, 1.807) is 18.2 Å². The van der Waals surface area contributed by atoms with Crippen LogP contribution in [-0.4, -0.2) is 25.8 Å². The van der Waals surface area contributed by atoms with Crippen LogP contribution in [0.2, 0.25) is 5.02 Å². The van der Waals surface area contributed by atoms with Gasteiger partial charge in [0, 0.05) is 23.0 Å². The number of carbonyl (C=O) groups excluding carboxylic acids is 1. The lowest BCUT2D eigenvalue weighted by Gasteiger charge is -2.11. The van der Waals surface area contributed by atoms with Gasteiger partial charge in [-0.05, 0) is 30.3 Å². The highest BCUT2D eigenvalue weighted by Gasteiger charge is 2.35. The third-order valence-corrected chi connectivity index (χ3v) is 4.32. The number of halogens is 4. The number of anilines is 1. The number of benzene rings is 1. The molecule has 0 radical (unpaired) electrons. The van der Waals surface area contributed by atoms with Gasteiger partial charge >= 0.3 is 6.18 Å². The van der Waals surface area contributed by atoms with Gasteiger partial charge in [-0.2, -0.15) is 13.2 Å². The van der Waals surface area contributed by atoms with E-state index in [9.17, 15) is 18.0 Å². The van der Waals surface area contributed by atoms with Crippen LogP contribution in [0.5, 0.6) is 0 Å². The van der Waals surface area contributed by atoms with Crippen molar-refractivity contribution in [2.24, 2.45) is 0 Å². The Morgan fingerprint density at radius 3 is 2.69 bits per heavy atom. The van der Waals surface area contributed by atoms with Gasteiger partial charge in [0.05, 0.1) is 22.8 Å². The van der Waals surface area contributed by atoms with Gasteiger partial charge in [0.25, 0.3) is 5.91 Å². The monoisotopic (exact) mass is 417 g/mol. The molecule has 0 bridgehead atoms. The molecule has 0 aliphatic rings. The Bertz CT molecular complexity index is 1210. The molecule has 1 aromatic carbocycles. The summed E-state index contributed by atoms with van der Waals surface area (Å²) in [5.74, 6) is -0.266. The molecule has 0 aliphatic heterocycles. The number of alkyl halides is 3. The van der Waals surface area contributed by atoms with Crippen molar-refractivity contribution >= 4 is 34.4 Å². The highest BCUT2D eigenvalue weighted by Crippen LogP contribution is 2.38. The number of carbonyl (C=O) groups is 1. The number of H-pyrrole nitrogens is 1. The molecule has 2 N–H and O–H groups in total. The fourth-order valence-electron chi connectivity index (χ4n) is 2.80. The second-order valence-corrected chi connectivity index (χ2v) is 6.46. The van der Waals surface area contributed by atoms with E-state index in [4.69, 9.17) is 11.6 Å². The predicted octanol–water partition coefficient (Wildman–Crippen LogP) is 4.94. The van der Waals surface area contributed by atoms with Gasteiger partial charge in [-0.25, -0.2) is 9.97 Å². The second kappa shape index (κ2) is 7.17. The summed E-state index contributed by atoms with van der Waals surface area (Å²) >= 11 is 5.73. The minimum atomic E-state index is -4.63. The largest absolute Gasteiger partial charge is 0.417 e. The molecule has 10 heteroatoms. The number of nitrogens with one attached hydrogen (secondary N) is 2. The van der Waals surface area contributed by atoms with Crippen LogP contribution in [-0.2, 0) is 6.18 Å². The number of nitrogens with zero attached hydrogens (tertiary/aromatic N) is 3. The number of imidazole rings is 1. The first-order valence-corrected chi connectivity index (χ1v) is 8.64. The van der Waals surface area contributed by atoms with E-state index in [1.165, 1.54) is 30.7 Å². The molecule has 0 spiro atoms. The van der Waals surface area contributed by atoms with E-state index in [-0.39, 0.29) is 27.5 Å². The Labute approximate surface area is 166 Å². The SMILES string of the molecule is O=C(Nc1ccccn1)c1cncc2[nH]c(-c3ccc(Cl)cc3C(F)(F)F)nc12. The molecule has 6 nitrogen and oxygen atoms in total. The topological polar surface area (TPSA) is 83.6 Å². The van der Waals surface area contributed by atoms with Crippen LogP contribution in [0.3, 0.4) is 0 Å². The Kier molecular flexibility index (Phi) is 4.67. The van der Waals surface area contributed by atoms with Gasteiger partial charge < -0.3 is 10.3 Å². The van der Waals surface area contributed by atoms with E-state index in [1.807, 2.05) is 0 Å². The van der Waals surface area contributed by atoms with Crippen LogP contribution in [0.4, 0.5) is 19.0 Å². The smallest absolute Gasteiger partial charge is 0.337 e. The van der Waals surface area contributed by atoms with E-state index in [2.05, 4.69) is 25.3 Å². The summed E-state index contributed by atoms with van der Waals surface area (Å²) < 4.78 is 40.3. The summed E-state index contributed by atoms with van der Waals surface area (Å²) in [6, 6.07) is 8.40. The van der Waals surface area contributed by atoms with Crippen molar-refractivity contribution in [3.8, 4) is 11.4 Å². The first-order valence-electron chi connectivity index (χ1n) is 8.26. The van der Waals surface area contributed by atoms with Crippen LogP contribution in [0.1, 0.15) is 15.9 Å². The maximum Gasteiger partial charge on any atom is 0.417 e. The summed E-state index contributed by atoms with van der Waals surface area (Å²) in [6.07, 6.45) is -0.443. The first-order chi connectivity index (χ1) is 13.8. The second-order valence-electron chi connectivity index (χ2n) is 6.03. The number of hydrogen-bond acceptors (Lipinski definition) is 4. The summed E-state index contributed by atoms with van der Waals surface area (Å²) in [5, 5.41) is 2.55. The van der Waals surface area contributed by atoms with Crippen LogP contribution in [0, 0.1) is 0 Å². The molecule has 29 heavy (non-hydrogen) atoms. The van der Waals surface area contributed by atoms with Crippen LogP contribution in [0.15, 0.2) is 55.0 Å². The Balaban J connectivity index is 1.79. The van der Waals surface area contributed by atoms with Crippen molar-refractivity contribution in [2.75, 3.05) is 5.32 Å². The fourth-order valence-corrected chi connectivity index (χ4v) is 2.98. The third-order valence-electron chi connectivity index (χ3n) is 4.09. The Hall–Kier alpha value is -3.46. The predicted molar refractivity (Wildman–Crippen MR) is 102 cm³/mol. The molecule has 3 aromatic heterocycles. The van der Waals surface area contributed by atoms with Crippen molar-refractivity contribution in [3.63, 3.8) is 0 Å². The summed E-state index contributed by atoms with van der Waals surface area (Å²) in [6.45, 7) is 0. The highest BCUT2D eigenvalue weighted by molar-refractivity contribution is 6.30. The minimum Gasteiger partial charge on any atom is -0.337 e. The molecule has 4 aromatic rings. The molecule has 146 valence electrons. The Morgan fingerprint density at radius 1 is 1.14 bits per heavy atom. The third kappa shape index (κ3) is 3.77. The summed E-state index contributed by atoms with van der Waals surface area (Å²) in [7, 11) is 0.